The predicted molar refractivity (Wildman–Crippen MR) is 127 cm³/mol. The van der Waals surface area contributed by atoms with Crippen molar-refractivity contribution in [3.05, 3.63) is 12.2 Å². The van der Waals surface area contributed by atoms with Gasteiger partial charge in [-0.05, 0) is 19.3 Å². The summed E-state index contributed by atoms with van der Waals surface area (Å²) < 4.78 is 0. The summed E-state index contributed by atoms with van der Waals surface area (Å²) in [5.74, 6) is -2.18. The minimum atomic E-state index is -1.12. The molecule has 0 aromatic heterocycles. The van der Waals surface area contributed by atoms with Gasteiger partial charge in [0.1, 0.15) is 6.54 Å². The second-order valence-corrected chi connectivity index (χ2v) is 9.19. The van der Waals surface area contributed by atoms with E-state index in [1.807, 2.05) is 6.08 Å². The largest absolute Gasteiger partial charge is 0.481 e. The number of carbonyl (C=O) groups is 3. The summed E-state index contributed by atoms with van der Waals surface area (Å²) in [6, 6.07) is -0.827. The molecular formula is C23H42N2O5S. The first-order chi connectivity index (χ1) is 14.9. The van der Waals surface area contributed by atoms with E-state index in [2.05, 4.69) is 18.3 Å². The van der Waals surface area contributed by atoms with Crippen LogP contribution in [0.3, 0.4) is 0 Å². The number of amides is 1. The van der Waals surface area contributed by atoms with E-state index in [1.165, 1.54) is 69.5 Å². The SMILES string of the molecule is CCCCCCCCCCCC/C=C\C(CCC(=O)O)SCC(N)C(=O)NCC(=O)O. The molecule has 1 amide bonds. The summed E-state index contributed by atoms with van der Waals surface area (Å²) in [6.07, 6.45) is 18.5. The number of thioether (sulfide) groups is 1. The predicted octanol–water partition coefficient (Wildman–Crippen LogP) is 4.35. The molecule has 0 saturated carbocycles. The Morgan fingerprint density at radius 2 is 1.52 bits per heavy atom. The Morgan fingerprint density at radius 3 is 2.06 bits per heavy atom. The van der Waals surface area contributed by atoms with Crippen LogP contribution < -0.4 is 11.1 Å². The summed E-state index contributed by atoms with van der Waals surface area (Å²) in [5.41, 5.74) is 5.81. The van der Waals surface area contributed by atoms with Gasteiger partial charge in [-0.15, -0.1) is 0 Å². The highest BCUT2D eigenvalue weighted by Gasteiger charge is 2.17. The first-order valence-electron chi connectivity index (χ1n) is 11.6. The fraction of sp³-hybridized carbons (Fsp3) is 0.783. The third kappa shape index (κ3) is 20.1. The molecule has 8 heteroatoms. The molecule has 31 heavy (non-hydrogen) atoms. The van der Waals surface area contributed by atoms with Crippen molar-refractivity contribution in [3.8, 4) is 0 Å². The number of carboxylic acids is 2. The third-order valence-corrected chi connectivity index (χ3v) is 6.33. The van der Waals surface area contributed by atoms with E-state index in [0.29, 0.717) is 12.2 Å². The Labute approximate surface area is 191 Å². The number of nitrogens with two attached hydrogens (primary N) is 1. The average Bonchev–Trinajstić information content (AvgIpc) is 2.73. The fourth-order valence-electron chi connectivity index (χ4n) is 3.10. The zero-order valence-corrected chi connectivity index (χ0v) is 19.8. The molecule has 0 saturated heterocycles. The van der Waals surface area contributed by atoms with Crippen LogP contribution >= 0.6 is 11.8 Å². The number of rotatable bonds is 21. The molecule has 7 nitrogen and oxygen atoms in total. The maximum Gasteiger partial charge on any atom is 0.322 e. The molecular weight excluding hydrogens is 416 g/mol. The van der Waals surface area contributed by atoms with Crippen molar-refractivity contribution in [2.24, 2.45) is 5.73 Å². The van der Waals surface area contributed by atoms with E-state index in [9.17, 15) is 14.4 Å². The Hall–Kier alpha value is -1.54. The Morgan fingerprint density at radius 1 is 0.935 bits per heavy atom. The Kier molecular flexibility index (Phi) is 19.4. The zero-order chi connectivity index (χ0) is 23.3. The summed E-state index contributed by atoms with van der Waals surface area (Å²) in [4.78, 5) is 33.2. The van der Waals surface area contributed by atoms with Crippen molar-refractivity contribution in [1.29, 1.82) is 0 Å². The van der Waals surface area contributed by atoms with Crippen molar-refractivity contribution in [2.45, 2.75) is 102 Å². The maximum absolute atomic E-state index is 11.8. The van der Waals surface area contributed by atoms with E-state index in [0.717, 1.165) is 12.8 Å². The van der Waals surface area contributed by atoms with E-state index in [4.69, 9.17) is 15.9 Å². The number of unbranched alkanes of at least 4 members (excludes halogenated alkanes) is 10. The van der Waals surface area contributed by atoms with Crippen molar-refractivity contribution in [1.82, 2.24) is 5.32 Å². The second-order valence-electron chi connectivity index (χ2n) is 7.92. The molecule has 0 aliphatic rings. The number of hydrogen-bond acceptors (Lipinski definition) is 5. The number of carboxylic acid groups (broad SMARTS) is 2. The van der Waals surface area contributed by atoms with Crippen LogP contribution in [-0.4, -0.2) is 51.6 Å². The summed E-state index contributed by atoms with van der Waals surface area (Å²) in [6.45, 7) is 1.78. The van der Waals surface area contributed by atoms with Gasteiger partial charge in [-0.25, -0.2) is 0 Å². The molecule has 0 rings (SSSR count). The smallest absolute Gasteiger partial charge is 0.322 e. The lowest BCUT2D eigenvalue weighted by Crippen LogP contribution is -2.44. The minimum Gasteiger partial charge on any atom is -0.481 e. The van der Waals surface area contributed by atoms with Gasteiger partial charge in [0.2, 0.25) is 5.91 Å². The van der Waals surface area contributed by atoms with Crippen LogP contribution in [0.15, 0.2) is 12.2 Å². The van der Waals surface area contributed by atoms with Crippen molar-refractivity contribution in [3.63, 3.8) is 0 Å². The standard InChI is InChI=1S/C23H42N2O5S/c1-2-3-4-5-6-7-8-9-10-11-12-13-14-19(15-16-21(26)27)31-18-20(24)23(30)25-17-22(28)29/h13-14,19-20H,2-12,15-18,24H2,1H3,(H,25,30)(H,26,27)(H,28,29)/b14-13-. The van der Waals surface area contributed by atoms with E-state index in [-0.39, 0.29) is 11.7 Å². The molecule has 0 radical (unpaired) electrons. The van der Waals surface area contributed by atoms with Crippen LogP contribution in [0.1, 0.15) is 90.4 Å². The quantitative estimate of drug-likeness (QED) is 0.149. The summed E-state index contributed by atoms with van der Waals surface area (Å²) in [5, 5.41) is 19.8. The first kappa shape index (κ1) is 29.5. The molecule has 2 unspecified atom stereocenters. The molecule has 180 valence electrons. The summed E-state index contributed by atoms with van der Waals surface area (Å²) in [7, 11) is 0. The molecule has 2 atom stereocenters. The average molecular weight is 459 g/mol. The minimum absolute atomic E-state index is 0.0301. The molecule has 0 aliphatic carbocycles. The molecule has 5 N–H and O–H groups in total. The zero-order valence-electron chi connectivity index (χ0n) is 19.0. The van der Waals surface area contributed by atoms with Gasteiger partial charge in [-0.3, -0.25) is 14.4 Å². The fourth-order valence-corrected chi connectivity index (χ4v) is 4.21. The lowest BCUT2D eigenvalue weighted by molar-refractivity contribution is -0.138. The first-order valence-corrected chi connectivity index (χ1v) is 12.7. The van der Waals surface area contributed by atoms with E-state index < -0.39 is 30.4 Å². The van der Waals surface area contributed by atoms with Crippen LogP contribution in [0.25, 0.3) is 0 Å². The van der Waals surface area contributed by atoms with Crippen molar-refractivity contribution >= 4 is 29.6 Å². The number of allylic oxidation sites excluding steroid dienone is 1. The molecule has 0 spiro atoms. The van der Waals surface area contributed by atoms with Gasteiger partial charge in [0.25, 0.3) is 0 Å². The van der Waals surface area contributed by atoms with Gasteiger partial charge in [0, 0.05) is 17.4 Å². The van der Waals surface area contributed by atoms with Gasteiger partial charge >= 0.3 is 11.9 Å². The van der Waals surface area contributed by atoms with Crippen LogP contribution in [0.5, 0.6) is 0 Å². The molecule has 0 heterocycles. The third-order valence-electron chi connectivity index (χ3n) is 4.96. The highest BCUT2D eigenvalue weighted by atomic mass is 32.2. The Bertz CT molecular complexity index is 528. The van der Waals surface area contributed by atoms with Crippen LogP contribution in [-0.2, 0) is 14.4 Å². The van der Waals surface area contributed by atoms with E-state index in [1.54, 1.807) is 0 Å². The number of nitrogens with one attached hydrogen (secondary N) is 1. The van der Waals surface area contributed by atoms with Crippen LogP contribution in [0.2, 0.25) is 0 Å². The molecule has 0 bridgehead atoms. The van der Waals surface area contributed by atoms with Crippen LogP contribution in [0, 0.1) is 0 Å². The maximum atomic E-state index is 11.8. The van der Waals surface area contributed by atoms with Gasteiger partial charge in [0.05, 0.1) is 6.04 Å². The molecule has 0 aromatic carbocycles. The highest BCUT2D eigenvalue weighted by molar-refractivity contribution is 8.00. The van der Waals surface area contributed by atoms with Crippen molar-refractivity contribution in [2.75, 3.05) is 12.3 Å². The topological polar surface area (TPSA) is 130 Å². The van der Waals surface area contributed by atoms with Gasteiger partial charge in [-0.1, -0.05) is 76.9 Å². The normalized spacial score (nSPS) is 13.2. The molecule has 0 fully saturated rings. The van der Waals surface area contributed by atoms with Gasteiger partial charge < -0.3 is 21.3 Å². The lowest BCUT2D eigenvalue weighted by atomic mass is 10.1. The number of carbonyl (C=O) groups excluding carboxylic acids is 1. The van der Waals surface area contributed by atoms with Crippen molar-refractivity contribution < 1.29 is 24.6 Å². The summed E-state index contributed by atoms with van der Waals surface area (Å²) >= 11 is 1.43. The highest BCUT2D eigenvalue weighted by Crippen LogP contribution is 2.20. The molecule has 0 aromatic rings. The van der Waals surface area contributed by atoms with Gasteiger partial charge in [-0.2, -0.15) is 11.8 Å². The monoisotopic (exact) mass is 458 g/mol. The number of aliphatic carboxylic acids is 2. The van der Waals surface area contributed by atoms with Gasteiger partial charge in [0.15, 0.2) is 0 Å². The molecule has 0 aliphatic heterocycles. The van der Waals surface area contributed by atoms with Crippen LogP contribution in [0.4, 0.5) is 0 Å². The second kappa shape index (κ2) is 20.4. The number of hydrogen-bond donors (Lipinski definition) is 4. The van der Waals surface area contributed by atoms with E-state index >= 15 is 0 Å². The Balaban J connectivity index is 4.07. The lowest BCUT2D eigenvalue weighted by Gasteiger charge is -2.15.